The predicted octanol–water partition coefficient (Wildman–Crippen LogP) is 3.81. The normalized spacial score (nSPS) is 16.1. The molecule has 1 aliphatic rings. The van der Waals surface area contributed by atoms with Gasteiger partial charge in [0.05, 0.1) is 0 Å². The van der Waals surface area contributed by atoms with E-state index in [0.717, 1.165) is 29.3 Å². The Kier molecular flexibility index (Phi) is 2.48. The lowest BCUT2D eigenvalue weighted by Gasteiger charge is -2.23. The van der Waals surface area contributed by atoms with Crippen molar-refractivity contribution in [3.8, 4) is 0 Å². The summed E-state index contributed by atoms with van der Waals surface area (Å²) < 4.78 is 1.98. The third-order valence-corrected chi connectivity index (χ3v) is 3.93. The Labute approximate surface area is 105 Å². The molecule has 1 aromatic carbocycles. The Morgan fingerprint density at radius 1 is 1.41 bits per heavy atom. The Balaban J connectivity index is 2.13. The second-order valence-electron chi connectivity index (χ2n) is 4.81. The summed E-state index contributed by atoms with van der Waals surface area (Å²) in [4.78, 5) is 12.3. The highest BCUT2D eigenvalue weighted by atomic mass is 35.5. The quantitative estimate of drug-likeness (QED) is 0.740. The van der Waals surface area contributed by atoms with E-state index in [1.54, 1.807) is 0 Å². The maximum atomic E-state index is 12.3. The number of nitrogens with zero attached hydrogens (tertiary/aromatic N) is 1. The summed E-state index contributed by atoms with van der Waals surface area (Å²) in [6.45, 7) is 0. The second-order valence-corrected chi connectivity index (χ2v) is 5.24. The van der Waals surface area contributed by atoms with Gasteiger partial charge in [-0.15, -0.1) is 0 Å². The van der Waals surface area contributed by atoms with Crippen LogP contribution in [0.4, 0.5) is 0 Å². The zero-order chi connectivity index (χ0) is 12.0. The van der Waals surface area contributed by atoms with Crippen molar-refractivity contribution in [2.45, 2.75) is 19.3 Å². The minimum atomic E-state index is 0.247. The number of aryl methyl sites for hydroxylation is 1. The lowest BCUT2D eigenvalue weighted by molar-refractivity contribution is 0.0857. The van der Waals surface area contributed by atoms with E-state index in [2.05, 4.69) is 0 Å². The summed E-state index contributed by atoms with van der Waals surface area (Å²) in [5.41, 5.74) is 1.88. The van der Waals surface area contributed by atoms with Crippen LogP contribution in [0, 0.1) is 5.92 Å². The smallest absolute Gasteiger partial charge is 0.168 e. The molecule has 1 saturated carbocycles. The van der Waals surface area contributed by atoms with Crippen LogP contribution in [-0.2, 0) is 7.05 Å². The van der Waals surface area contributed by atoms with Crippen molar-refractivity contribution in [3.63, 3.8) is 0 Å². The molecule has 3 heteroatoms. The first-order valence-corrected chi connectivity index (χ1v) is 6.33. The van der Waals surface area contributed by atoms with Gasteiger partial charge in [-0.2, -0.15) is 0 Å². The van der Waals surface area contributed by atoms with Gasteiger partial charge >= 0.3 is 0 Å². The SMILES string of the molecule is Cn1cc(C(=O)C2CCC2)c2ccc(Cl)cc21. The number of benzene rings is 1. The monoisotopic (exact) mass is 247 g/mol. The molecule has 3 rings (SSSR count). The van der Waals surface area contributed by atoms with Crippen molar-refractivity contribution in [3.05, 3.63) is 35.0 Å². The highest BCUT2D eigenvalue weighted by Crippen LogP contribution is 2.33. The van der Waals surface area contributed by atoms with Gasteiger partial charge in [0.2, 0.25) is 0 Å². The van der Waals surface area contributed by atoms with Crippen molar-refractivity contribution in [2.24, 2.45) is 13.0 Å². The van der Waals surface area contributed by atoms with Crippen molar-refractivity contribution in [2.75, 3.05) is 0 Å². The first-order chi connectivity index (χ1) is 8.16. The number of Topliss-reactive ketones (excluding diaryl/α,β-unsaturated/α-hetero) is 1. The van der Waals surface area contributed by atoms with E-state index in [9.17, 15) is 4.79 Å². The number of fused-ring (bicyclic) bond motifs is 1. The lowest BCUT2D eigenvalue weighted by Crippen LogP contribution is -2.21. The Morgan fingerprint density at radius 3 is 2.82 bits per heavy atom. The predicted molar refractivity (Wildman–Crippen MR) is 69.6 cm³/mol. The molecule has 1 fully saturated rings. The number of halogens is 1. The molecule has 0 bridgehead atoms. The van der Waals surface area contributed by atoms with Crippen LogP contribution in [0.15, 0.2) is 24.4 Å². The average molecular weight is 248 g/mol. The summed E-state index contributed by atoms with van der Waals surface area (Å²) in [5, 5.41) is 1.73. The molecule has 0 unspecified atom stereocenters. The molecule has 88 valence electrons. The minimum absolute atomic E-state index is 0.247. The van der Waals surface area contributed by atoms with Gasteiger partial charge < -0.3 is 4.57 Å². The Hall–Kier alpha value is -1.28. The molecule has 1 aromatic heterocycles. The molecule has 0 atom stereocenters. The van der Waals surface area contributed by atoms with E-state index in [4.69, 9.17) is 11.6 Å². The van der Waals surface area contributed by atoms with Crippen molar-refractivity contribution in [1.82, 2.24) is 4.57 Å². The van der Waals surface area contributed by atoms with Crippen LogP contribution < -0.4 is 0 Å². The van der Waals surface area contributed by atoms with Gasteiger partial charge in [-0.1, -0.05) is 24.1 Å². The molecule has 0 amide bonds. The fourth-order valence-electron chi connectivity index (χ4n) is 2.44. The molecule has 17 heavy (non-hydrogen) atoms. The maximum absolute atomic E-state index is 12.3. The van der Waals surface area contributed by atoms with E-state index < -0.39 is 0 Å². The molecular weight excluding hydrogens is 234 g/mol. The first-order valence-electron chi connectivity index (χ1n) is 5.95. The highest BCUT2D eigenvalue weighted by molar-refractivity contribution is 6.31. The Bertz CT molecular complexity index is 596. The third-order valence-electron chi connectivity index (χ3n) is 3.69. The van der Waals surface area contributed by atoms with Crippen LogP contribution in [-0.4, -0.2) is 10.4 Å². The summed E-state index contributed by atoms with van der Waals surface area (Å²) in [6, 6.07) is 5.71. The van der Waals surface area contributed by atoms with Gasteiger partial charge in [-0.05, 0) is 25.0 Å². The average Bonchev–Trinajstić information content (AvgIpc) is 2.53. The highest BCUT2D eigenvalue weighted by Gasteiger charge is 2.28. The van der Waals surface area contributed by atoms with Gasteiger partial charge in [-0.25, -0.2) is 0 Å². The lowest BCUT2D eigenvalue weighted by atomic mass is 9.80. The van der Waals surface area contributed by atoms with Gasteiger partial charge in [0.25, 0.3) is 0 Å². The third kappa shape index (κ3) is 1.67. The van der Waals surface area contributed by atoms with Crippen molar-refractivity contribution < 1.29 is 4.79 Å². The van der Waals surface area contributed by atoms with Crippen LogP contribution in [0.2, 0.25) is 5.02 Å². The van der Waals surface area contributed by atoms with Crippen LogP contribution in [0.5, 0.6) is 0 Å². The molecule has 0 saturated heterocycles. The van der Waals surface area contributed by atoms with Crippen LogP contribution in [0.25, 0.3) is 10.9 Å². The summed E-state index contributed by atoms with van der Waals surface area (Å²) in [5.74, 6) is 0.542. The topological polar surface area (TPSA) is 22.0 Å². The van der Waals surface area contributed by atoms with Crippen LogP contribution in [0.1, 0.15) is 29.6 Å². The van der Waals surface area contributed by atoms with E-state index in [0.29, 0.717) is 10.8 Å². The molecular formula is C14H14ClNO. The van der Waals surface area contributed by atoms with Crippen LogP contribution >= 0.6 is 11.6 Å². The number of carbonyl (C=O) groups excluding carboxylic acids is 1. The number of hydrogen-bond donors (Lipinski definition) is 0. The van der Waals surface area contributed by atoms with E-state index >= 15 is 0 Å². The van der Waals surface area contributed by atoms with Gasteiger partial charge in [0.15, 0.2) is 5.78 Å². The number of rotatable bonds is 2. The van der Waals surface area contributed by atoms with Crippen LogP contribution in [0.3, 0.4) is 0 Å². The number of aromatic nitrogens is 1. The van der Waals surface area contributed by atoms with Gasteiger partial charge in [0.1, 0.15) is 0 Å². The molecule has 0 aliphatic heterocycles. The van der Waals surface area contributed by atoms with Crippen molar-refractivity contribution in [1.29, 1.82) is 0 Å². The summed E-state index contributed by atoms with van der Waals surface area (Å²) >= 11 is 5.98. The molecule has 1 heterocycles. The summed E-state index contributed by atoms with van der Waals surface area (Å²) in [7, 11) is 1.95. The first kappa shape index (κ1) is 10.8. The number of ketones is 1. The number of hydrogen-bond acceptors (Lipinski definition) is 1. The van der Waals surface area contributed by atoms with Gasteiger partial charge in [0, 0.05) is 40.7 Å². The molecule has 0 spiro atoms. The number of carbonyl (C=O) groups is 1. The second kappa shape index (κ2) is 3.88. The zero-order valence-corrected chi connectivity index (χ0v) is 10.5. The fraction of sp³-hybridized carbons (Fsp3) is 0.357. The van der Waals surface area contributed by atoms with Crippen molar-refractivity contribution >= 4 is 28.3 Å². The van der Waals surface area contributed by atoms with E-state index in [-0.39, 0.29) is 5.92 Å². The molecule has 0 N–H and O–H groups in total. The fourth-order valence-corrected chi connectivity index (χ4v) is 2.61. The minimum Gasteiger partial charge on any atom is -0.350 e. The molecule has 2 aromatic rings. The van der Waals surface area contributed by atoms with E-state index in [1.165, 1.54) is 6.42 Å². The molecule has 2 nitrogen and oxygen atoms in total. The maximum Gasteiger partial charge on any atom is 0.168 e. The molecule has 1 aliphatic carbocycles. The zero-order valence-electron chi connectivity index (χ0n) is 9.74. The molecule has 0 radical (unpaired) electrons. The van der Waals surface area contributed by atoms with E-state index in [1.807, 2.05) is 36.0 Å². The largest absolute Gasteiger partial charge is 0.350 e. The Morgan fingerprint density at radius 2 is 2.18 bits per heavy atom. The van der Waals surface area contributed by atoms with Gasteiger partial charge in [-0.3, -0.25) is 4.79 Å². The standard InChI is InChI=1S/C14H14ClNO/c1-16-8-12(14(17)9-3-2-4-9)11-6-5-10(15)7-13(11)16/h5-9H,2-4H2,1H3. The summed E-state index contributed by atoms with van der Waals surface area (Å²) in [6.07, 6.45) is 5.21.